The summed E-state index contributed by atoms with van der Waals surface area (Å²) in [5.74, 6) is 1.06. The van der Waals surface area contributed by atoms with Crippen LogP contribution in [0.4, 0.5) is 22.7 Å². The Hall–Kier alpha value is -4.03. The molecule has 0 bridgehead atoms. The number of rotatable bonds is 9. The summed E-state index contributed by atoms with van der Waals surface area (Å²) in [6.45, 7) is 0. The number of hydrogen-bond donors (Lipinski definition) is 0. The molecule has 0 N–H and O–H groups in total. The van der Waals surface area contributed by atoms with Crippen LogP contribution in [0.15, 0.2) is 63.9 Å². The van der Waals surface area contributed by atoms with E-state index in [-0.39, 0.29) is 11.4 Å². The van der Waals surface area contributed by atoms with Crippen LogP contribution in [-0.4, -0.2) is 42.3 Å². The molecule has 0 saturated heterocycles. The second-order valence-electron chi connectivity index (χ2n) is 7.83. The Morgan fingerprint density at radius 3 is 2.58 bits per heavy atom. The average Bonchev–Trinajstić information content (AvgIpc) is 3.27. The third-order valence-corrected chi connectivity index (χ3v) is 7.43. The number of nitro benzene ring substituents is 2. The van der Waals surface area contributed by atoms with Gasteiger partial charge in [-0.1, -0.05) is 17.8 Å². The van der Waals surface area contributed by atoms with Crippen molar-refractivity contribution in [2.45, 2.75) is 10.1 Å². The minimum Gasteiger partial charge on any atom is -0.496 e. The molecule has 4 rings (SSSR count). The first-order valence-corrected chi connectivity index (χ1v) is 12.4. The summed E-state index contributed by atoms with van der Waals surface area (Å²) in [6, 6.07) is 15.1. The van der Waals surface area contributed by atoms with Crippen LogP contribution in [0.2, 0.25) is 0 Å². The number of aromatic nitrogens is 1. The maximum atomic E-state index is 11.4. The monoisotopic (exact) mass is 523 g/mol. The van der Waals surface area contributed by atoms with Crippen LogP contribution in [0.3, 0.4) is 0 Å². The Labute approximate surface area is 214 Å². The third-order valence-electron chi connectivity index (χ3n) is 5.22. The molecule has 0 amide bonds. The molecule has 36 heavy (non-hydrogen) atoms. The normalized spacial score (nSPS) is 11.2. The van der Waals surface area contributed by atoms with Crippen molar-refractivity contribution in [3.63, 3.8) is 0 Å². The van der Waals surface area contributed by atoms with Gasteiger partial charge in [0.2, 0.25) is 0 Å². The quantitative estimate of drug-likeness (QED) is 0.109. The van der Waals surface area contributed by atoms with E-state index in [1.807, 2.05) is 18.2 Å². The molecule has 0 atom stereocenters. The van der Waals surface area contributed by atoms with Gasteiger partial charge in [-0.3, -0.25) is 25.2 Å². The van der Waals surface area contributed by atoms with Gasteiger partial charge < -0.3 is 9.64 Å². The Kier molecular flexibility index (Phi) is 7.46. The zero-order chi connectivity index (χ0) is 25.8. The van der Waals surface area contributed by atoms with Crippen LogP contribution >= 0.6 is 23.1 Å². The van der Waals surface area contributed by atoms with E-state index in [9.17, 15) is 20.2 Å². The molecular formula is C24H21N5O5S2. The van der Waals surface area contributed by atoms with Gasteiger partial charge in [0.1, 0.15) is 11.4 Å². The van der Waals surface area contributed by atoms with Crippen LogP contribution in [-0.2, 0) is 5.75 Å². The zero-order valence-electron chi connectivity index (χ0n) is 19.6. The molecule has 4 aromatic rings. The Bertz CT molecular complexity index is 1490. The largest absolute Gasteiger partial charge is 0.496 e. The predicted octanol–water partition coefficient (Wildman–Crippen LogP) is 6.23. The van der Waals surface area contributed by atoms with E-state index in [4.69, 9.17) is 4.74 Å². The van der Waals surface area contributed by atoms with Crippen molar-refractivity contribution in [3.05, 3.63) is 86.0 Å². The summed E-state index contributed by atoms with van der Waals surface area (Å²) < 4.78 is 7.09. The van der Waals surface area contributed by atoms with Gasteiger partial charge in [0.15, 0.2) is 4.34 Å². The lowest BCUT2D eigenvalue weighted by molar-refractivity contribution is -0.385. The van der Waals surface area contributed by atoms with Gasteiger partial charge in [-0.25, -0.2) is 4.98 Å². The number of aliphatic imine (C=N–C) groups is 1. The molecule has 0 aliphatic heterocycles. The topological polar surface area (TPSA) is 124 Å². The molecule has 10 nitrogen and oxygen atoms in total. The molecule has 0 radical (unpaired) electrons. The van der Waals surface area contributed by atoms with Crippen molar-refractivity contribution in [1.82, 2.24) is 4.98 Å². The average molecular weight is 524 g/mol. The number of thioether (sulfide) groups is 1. The van der Waals surface area contributed by atoms with Crippen molar-refractivity contribution < 1.29 is 14.6 Å². The number of ether oxygens (including phenoxy) is 1. The van der Waals surface area contributed by atoms with Crippen LogP contribution in [0.1, 0.15) is 11.1 Å². The van der Waals surface area contributed by atoms with Crippen molar-refractivity contribution in [1.29, 1.82) is 0 Å². The summed E-state index contributed by atoms with van der Waals surface area (Å²) in [4.78, 5) is 32.5. The minimum absolute atomic E-state index is 0.0138. The molecule has 12 heteroatoms. The number of methoxy groups -OCH3 is 1. The minimum atomic E-state index is -0.428. The number of nitro groups is 2. The second-order valence-corrected chi connectivity index (χ2v) is 10.1. The molecule has 1 heterocycles. The van der Waals surface area contributed by atoms with Gasteiger partial charge >= 0.3 is 0 Å². The lowest BCUT2D eigenvalue weighted by Gasteiger charge is -2.12. The van der Waals surface area contributed by atoms with Gasteiger partial charge in [0.25, 0.3) is 11.4 Å². The van der Waals surface area contributed by atoms with Crippen molar-refractivity contribution in [2.24, 2.45) is 4.99 Å². The fourth-order valence-electron chi connectivity index (χ4n) is 3.46. The van der Waals surface area contributed by atoms with Crippen LogP contribution in [0, 0.1) is 20.2 Å². The number of benzene rings is 3. The molecule has 0 aliphatic carbocycles. The number of anilines is 1. The van der Waals surface area contributed by atoms with E-state index in [1.165, 1.54) is 48.4 Å². The molecule has 0 unspecified atom stereocenters. The Morgan fingerprint density at radius 1 is 1.08 bits per heavy atom. The summed E-state index contributed by atoms with van der Waals surface area (Å²) in [5.41, 5.74) is 3.41. The number of nitrogens with zero attached hydrogens (tertiary/aromatic N) is 5. The number of non-ortho nitro benzene ring substituents is 1. The standard InChI is InChI=1S/C24H21N5O5S2/c1-27(2)20-8-4-15(10-21(20)29(32)33)13-25-17-5-7-19-23(12-17)36-24(26-19)35-14-16-11-18(28(30)31)6-9-22(16)34-3/h4-13H,14H2,1-3H3. The van der Waals surface area contributed by atoms with E-state index in [2.05, 4.69) is 9.98 Å². The smallest absolute Gasteiger partial charge is 0.293 e. The van der Waals surface area contributed by atoms with E-state index in [1.54, 1.807) is 43.4 Å². The molecule has 0 spiro atoms. The maximum Gasteiger partial charge on any atom is 0.293 e. The third kappa shape index (κ3) is 5.61. The fraction of sp³-hybridized carbons (Fsp3) is 0.167. The van der Waals surface area contributed by atoms with Crippen molar-refractivity contribution >= 4 is 62.3 Å². The van der Waals surface area contributed by atoms with Gasteiger partial charge in [0, 0.05) is 49.8 Å². The van der Waals surface area contributed by atoms with Crippen LogP contribution in [0.5, 0.6) is 5.75 Å². The lowest BCUT2D eigenvalue weighted by atomic mass is 10.1. The molecular weight excluding hydrogens is 502 g/mol. The molecule has 0 aliphatic rings. The first-order valence-electron chi connectivity index (χ1n) is 10.6. The SMILES string of the molecule is COc1ccc([N+](=O)[O-])cc1CSc1nc2ccc(N=Cc3ccc(N(C)C)c([N+](=O)[O-])c3)cc2s1. The van der Waals surface area contributed by atoms with E-state index < -0.39 is 9.85 Å². The fourth-order valence-corrected chi connectivity index (χ4v) is 5.54. The second kappa shape index (κ2) is 10.7. The highest BCUT2D eigenvalue weighted by molar-refractivity contribution is 8.00. The zero-order valence-corrected chi connectivity index (χ0v) is 21.2. The molecule has 1 aromatic heterocycles. The Morgan fingerprint density at radius 2 is 1.89 bits per heavy atom. The van der Waals surface area contributed by atoms with Crippen molar-refractivity contribution in [3.8, 4) is 5.75 Å². The van der Waals surface area contributed by atoms with Crippen LogP contribution in [0.25, 0.3) is 10.2 Å². The first kappa shape index (κ1) is 25.1. The predicted molar refractivity (Wildman–Crippen MR) is 144 cm³/mol. The summed E-state index contributed by atoms with van der Waals surface area (Å²) >= 11 is 2.97. The van der Waals surface area contributed by atoms with Crippen molar-refractivity contribution in [2.75, 3.05) is 26.1 Å². The van der Waals surface area contributed by atoms with E-state index >= 15 is 0 Å². The summed E-state index contributed by atoms with van der Waals surface area (Å²) in [6.07, 6.45) is 1.60. The van der Waals surface area contributed by atoms with Gasteiger partial charge in [-0.2, -0.15) is 0 Å². The first-order chi connectivity index (χ1) is 17.2. The summed E-state index contributed by atoms with van der Waals surface area (Å²) in [5, 5.41) is 22.5. The van der Waals surface area contributed by atoms with E-state index in [0.717, 1.165) is 20.1 Å². The van der Waals surface area contributed by atoms with Gasteiger partial charge in [0.05, 0.1) is 32.9 Å². The highest BCUT2D eigenvalue weighted by Gasteiger charge is 2.16. The number of thiazole rings is 1. The lowest BCUT2D eigenvalue weighted by Crippen LogP contribution is -2.11. The van der Waals surface area contributed by atoms with Gasteiger partial charge in [-0.15, -0.1) is 11.3 Å². The van der Waals surface area contributed by atoms with E-state index in [0.29, 0.717) is 28.4 Å². The molecule has 3 aromatic carbocycles. The molecule has 0 saturated carbocycles. The van der Waals surface area contributed by atoms with Gasteiger partial charge in [-0.05, 0) is 35.9 Å². The maximum absolute atomic E-state index is 11.4. The number of fused-ring (bicyclic) bond motifs is 1. The molecule has 184 valence electrons. The number of hydrogen-bond acceptors (Lipinski definition) is 10. The highest BCUT2D eigenvalue weighted by Crippen LogP contribution is 2.36. The Balaban J connectivity index is 1.52. The highest BCUT2D eigenvalue weighted by atomic mass is 32.2. The van der Waals surface area contributed by atoms with Crippen LogP contribution < -0.4 is 9.64 Å². The summed E-state index contributed by atoms with van der Waals surface area (Å²) in [7, 11) is 5.05. The molecule has 0 fully saturated rings.